The molecule has 0 aromatic carbocycles. The van der Waals surface area contributed by atoms with Gasteiger partial charge in [-0.25, -0.2) is 0 Å². The van der Waals surface area contributed by atoms with Gasteiger partial charge in [-0.05, 0) is 56.3 Å². The van der Waals surface area contributed by atoms with Crippen molar-refractivity contribution >= 4 is 5.97 Å². The van der Waals surface area contributed by atoms with Crippen LogP contribution >= 0.6 is 0 Å². The molecule has 3 nitrogen and oxygen atoms in total. The Morgan fingerprint density at radius 2 is 1.89 bits per heavy atom. The van der Waals surface area contributed by atoms with Crippen molar-refractivity contribution in [3.63, 3.8) is 0 Å². The van der Waals surface area contributed by atoms with Crippen LogP contribution in [-0.4, -0.2) is 24.8 Å². The van der Waals surface area contributed by atoms with E-state index >= 15 is 0 Å². The third-order valence-corrected chi connectivity index (χ3v) is 5.25. The summed E-state index contributed by atoms with van der Waals surface area (Å²) in [6.45, 7) is 3.13. The average Bonchev–Trinajstić information content (AvgIpc) is 2.26. The first-order valence-electron chi connectivity index (χ1n) is 7.22. The average molecular weight is 254 g/mol. The Morgan fingerprint density at radius 3 is 2.28 bits per heavy atom. The maximum atomic E-state index is 11.4. The predicted molar refractivity (Wildman–Crippen MR) is 70.5 cm³/mol. The summed E-state index contributed by atoms with van der Waals surface area (Å²) in [6, 6.07) is 0. The molecule has 0 spiro atoms. The number of aliphatic carboxylic acids is 1. The molecule has 104 valence electrons. The van der Waals surface area contributed by atoms with Crippen molar-refractivity contribution in [1.29, 1.82) is 0 Å². The number of ether oxygens (including phenoxy) is 1. The first kappa shape index (κ1) is 13.9. The van der Waals surface area contributed by atoms with E-state index in [0.29, 0.717) is 11.3 Å². The van der Waals surface area contributed by atoms with Gasteiger partial charge in [0.2, 0.25) is 0 Å². The van der Waals surface area contributed by atoms with E-state index < -0.39 is 5.97 Å². The lowest BCUT2D eigenvalue weighted by molar-refractivity contribution is -0.156. The highest BCUT2D eigenvalue weighted by atomic mass is 16.5. The van der Waals surface area contributed by atoms with Crippen LogP contribution in [0.5, 0.6) is 0 Å². The topological polar surface area (TPSA) is 46.5 Å². The van der Waals surface area contributed by atoms with Gasteiger partial charge in [0.25, 0.3) is 0 Å². The lowest BCUT2D eigenvalue weighted by atomic mass is 9.61. The molecule has 0 aromatic heterocycles. The molecule has 0 radical (unpaired) electrons. The van der Waals surface area contributed by atoms with Crippen molar-refractivity contribution in [1.82, 2.24) is 0 Å². The maximum Gasteiger partial charge on any atom is 0.309 e. The third kappa shape index (κ3) is 2.71. The van der Waals surface area contributed by atoms with E-state index in [-0.39, 0.29) is 5.41 Å². The van der Waals surface area contributed by atoms with Gasteiger partial charge in [0, 0.05) is 7.11 Å². The summed E-state index contributed by atoms with van der Waals surface area (Å²) in [5, 5.41) is 9.38. The number of hydrogen-bond donors (Lipinski definition) is 1. The van der Waals surface area contributed by atoms with Crippen LogP contribution in [0.2, 0.25) is 0 Å². The van der Waals surface area contributed by atoms with Crippen LogP contribution in [0.15, 0.2) is 0 Å². The van der Waals surface area contributed by atoms with Gasteiger partial charge in [-0.2, -0.15) is 0 Å². The smallest absolute Gasteiger partial charge is 0.309 e. The van der Waals surface area contributed by atoms with Gasteiger partial charge in [-0.3, -0.25) is 4.79 Å². The second-order valence-electron chi connectivity index (χ2n) is 6.83. The van der Waals surface area contributed by atoms with Crippen molar-refractivity contribution in [3.05, 3.63) is 0 Å². The summed E-state index contributed by atoms with van der Waals surface area (Å²) < 4.78 is 5.30. The zero-order valence-corrected chi connectivity index (χ0v) is 11.7. The quantitative estimate of drug-likeness (QED) is 0.817. The molecule has 1 N–H and O–H groups in total. The van der Waals surface area contributed by atoms with E-state index in [2.05, 4.69) is 6.92 Å². The summed E-state index contributed by atoms with van der Waals surface area (Å²) in [4.78, 5) is 11.4. The first-order chi connectivity index (χ1) is 8.50. The lowest BCUT2D eigenvalue weighted by Gasteiger charge is -2.43. The van der Waals surface area contributed by atoms with Crippen molar-refractivity contribution < 1.29 is 14.6 Å². The molecule has 0 atom stereocenters. The third-order valence-electron chi connectivity index (χ3n) is 5.25. The summed E-state index contributed by atoms with van der Waals surface area (Å²) >= 11 is 0. The number of carboxylic acids is 1. The Kier molecular flexibility index (Phi) is 4.00. The number of carboxylic acid groups (broad SMARTS) is 1. The SMILES string of the molecule is COCC1(C)CCC(CC2(C(=O)O)CCC2)CC1. The molecule has 0 aliphatic heterocycles. The number of rotatable bonds is 5. The molecule has 2 aliphatic rings. The molecule has 0 saturated heterocycles. The number of carbonyl (C=O) groups is 1. The van der Waals surface area contributed by atoms with Gasteiger partial charge in [0.15, 0.2) is 0 Å². The van der Waals surface area contributed by atoms with Crippen LogP contribution in [0, 0.1) is 16.7 Å². The highest BCUT2D eigenvalue weighted by Gasteiger charge is 2.46. The Labute approximate surface area is 110 Å². The molecule has 2 aliphatic carbocycles. The fraction of sp³-hybridized carbons (Fsp3) is 0.933. The summed E-state index contributed by atoms with van der Waals surface area (Å²) in [7, 11) is 1.77. The summed E-state index contributed by atoms with van der Waals surface area (Å²) in [5.41, 5.74) is -0.0408. The van der Waals surface area contributed by atoms with E-state index in [0.717, 1.165) is 32.3 Å². The zero-order chi connectivity index (χ0) is 13.2. The highest BCUT2D eigenvalue weighted by molar-refractivity contribution is 5.75. The van der Waals surface area contributed by atoms with Crippen molar-refractivity contribution in [3.8, 4) is 0 Å². The molecule has 0 bridgehead atoms. The van der Waals surface area contributed by atoms with E-state index in [9.17, 15) is 9.90 Å². The van der Waals surface area contributed by atoms with Crippen LogP contribution in [0.25, 0.3) is 0 Å². The summed E-state index contributed by atoms with van der Waals surface area (Å²) in [5.74, 6) is 0.0605. The molecule has 0 heterocycles. The molecule has 2 rings (SSSR count). The minimum atomic E-state index is -0.557. The first-order valence-corrected chi connectivity index (χ1v) is 7.22. The van der Waals surface area contributed by atoms with Crippen LogP contribution in [-0.2, 0) is 9.53 Å². The molecule has 18 heavy (non-hydrogen) atoms. The number of hydrogen-bond acceptors (Lipinski definition) is 2. The Morgan fingerprint density at radius 1 is 1.28 bits per heavy atom. The molecule has 0 aromatic rings. The zero-order valence-electron chi connectivity index (χ0n) is 11.7. The second-order valence-corrected chi connectivity index (χ2v) is 6.83. The molecule has 0 amide bonds. The second kappa shape index (κ2) is 5.20. The molecule has 2 fully saturated rings. The highest BCUT2D eigenvalue weighted by Crippen LogP contribution is 2.50. The van der Waals surface area contributed by atoms with E-state index in [4.69, 9.17) is 4.74 Å². The maximum absolute atomic E-state index is 11.4. The Balaban J connectivity index is 1.85. The van der Waals surface area contributed by atoms with Gasteiger partial charge in [0.1, 0.15) is 0 Å². The van der Waals surface area contributed by atoms with Gasteiger partial charge >= 0.3 is 5.97 Å². The van der Waals surface area contributed by atoms with Crippen LogP contribution in [0.4, 0.5) is 0 Å². The number of methoxy groups -OCH3 is 1. The molecular formula is C15H26O3. The largest absolute Gasteiger partial charge is 0.481 e. The fourth-order valence-electron chi connectivity index (χ4n) is 3.73. The van der Waals surface area contributed by atoms with Crippen LogP contribution in [0.3, 0.4) is 0 Å². The molecular weight excluding hydrogens is 228 g/mol. The fourth-order valence-corrected chi connectivity index (χ4v) is 3.73. The van der Waals surface area contributed by atoms with E-state index in [1.54, 1.807) is 7.11 Å². The molecule has 2 saturated carbocycles. The van der Waals surface area contributed by atoms with Crippen LogP contribution < -0.4 is 0 Å². The minimum Gasteiger partial charge on any atom is -0.481 e. The standard InChI is InChI=1S/C15H26O3/c1-14(11-18-2)8-4-12(5-9-14)10-15(13(16)17)6-3-7-15/h12H,3-11H2,1-2H3,(H,16,17). The predicted octanol–water partition coefficient (Wildman–Crippen LogP) is 3.47. The van der Waals surface area contributed by atoms with Gasteiger partial charge in [-0.1, -0.05) is 13.3 Å². The normalized spacial score (nSPS) is 34.9. The minimum absolute atomic E-state index is 0.321. The summed E-state index contributed by atoms with van der Waals surface area (Å²) in [6.07, 6.45) is 8.51. The Hall–Kier alpha value is -0.570. The van der Waals surface area contributed by atoms with E-state index in [1.807, 2.05) is 0 Å². The monoisotopic (exact) mass is 254 g/mol. The van der Waals surface area contributed by atoms with Crippen molar-refractivity contribution in [2.75, 3.05) is 13.7 Å². The van der Waals surface area contributed by atoms with Crippen molar-refractivity contribution in [2.24, 2.45) is 16.7 Å². The van der Waals surface area contributed by atoms with Gasteiger partial charge in [-0.15, -0.1) is 0 Å². The lowest BCUT2D eigenvalue weighted by Crippen LogP contribution is -2.41. The van der Waals surface area contributed by atoms with Crippen LogP contribution in [0.1, 0.15) is 58.3 Å². The van der Waals surface area contributed by atoms with Gasteiger partial charge < -0.3 is 9.84 Å². The Bertz CT molecular complexity index is 299. The van der Waals surface area contributed by atoms with Gasteiger partial charge in [0.05, 0.1) is 12.0 Å². The van der Waals surface area contributed by atoms with Crippen molar-refractivity contribution in [2.45, 2.75) is 58.3 Å². The molecule has 3 heteroatoms. The van der Waals surface area contributed by atoms with E-state index in [1.165, 1.54) is 25.7 Å². The molecule has 0 unspecified atom stereocenters.